The molecule has 0 saturated carbocycles. The van der Waals surface area contributed by atoms with Crippen LogP contribution in [0.3, 0.4) is 0 Å². The second kappa shape index (κ2) is 9.40. The van der Waals surface area contributed by atoms with E-state index >= 15 is 0 Å². The van der Waals surface area contributed by atoms with Gasteiger partial charge in [-0.3, -0.25) is 4.90 Å². The number of hydrogen-bond acceptors (Lipinski definition) is 4. The van der Waals surface area contributed by atoms with Crippen LogP contribution in [0.5, 0.6) is 0 Å². The van der Waals surface area contributed by atoms with E-state index in [0.29, 0.717) is 19.9 Å². The lowest BCUT2D eigenvalue weighted by Crippen LogP contribution is -2.29. The van der Waals surface area contributed by atoms with Gasteiger partial charge in [0.2, 0.25) is 0 Å². The molecule has 0 rings (SSSR count). The molecular weight excluding hydrogens is 182 g/mol. The van der Waals surface area contributed by atoms with Crippen molar-refractivity contribution in [2.24, 2.45) is 0 Å². The topological polar surface area (TPSA) is 30.9 Å². The Morgan fingerprint density at radius 1 is 1.14 bits per heavy atom. The van der Waals surface area contributed by atoms with Crippen molar-refractivity contribution in [1.29, 1.82) is 0 Å². The molecule has 86 valence electrons. The lowest BCUT2D eigenvalue weighted by Gasteiger charge is -2.20. The monoisotopic (exact) mass is 205 g/mol. The van der Waals surface area contributed by atoms with Crippen LogP contribution in [0.1, 0.15) is 20.8 Å². The number of ether oxygens (including phenoxy) is 3. The maximum atomic E-state index is 5.46. The Labute approximate surface area is 87.1 Å². The van der Waals surface area contributed by atoms with Crippen molar-refractivity contribution in [3.63, 3.8) is 0 Å². The molecule has 0 spiro atoms. The normalized spacial score (nSPS) is 13.5. The van der Waals surface area contributed by atoms with E-state index in [1.807, 2.05) is 6.92 Å². The fraction of sp³-hybridized carbons (Fsp3) is 1.00. The van der Waals surface area contributed by atoms with E-state index in [2.05, 4.69) is 18.7 Å². The SMILES string of the molecule is CCOC(COCN(CC)CC)OC. The molecule has 0 aliphatic carbocycles. The molecule has 0 fully saturated rings. The van der Waals surface area contributed by atoms with Crippen molar-refractivity contribution >= 4 is 0 Å². The summed E-state index contributed by atoms with van der Waals surface area (Å²) in [5.74, 6) is 0. The Hall–Kier alpha value is -0.160. The molecule has 1 atom stereocenters. The van der Waals surface area contributed by atoms with Crippen LogP contribution < -0.4 is 0 Å². The van der Waals surface area contributed by atoms with Crippen molar-refractivity contribution < 1.29 is 14.2 Å². The van der Waals surface area contributed by atoms with E-state index in [1.165, 1.54) is 0 Å². The van der Waals surface area contributed by atoms with Crippen LogP contribution in [-0.2, 0) is 14.2 Å². The lowest BCUT2D eigenvalue weighted by atomic mass is 10.6. The molecule has 0 radical (unpaired) electrons. The largest absolute Gasteiger partial charge is 0.361 e. The molecule has 0 N–H and O–H groups in total. The first-order chi connectivity index (χ1) is 6.78. The summed E-state index contributed by atoms with van der Waals surface area (Å²) >= 11 is 0. The lowest BCUT2D eigenvalue weighted by molar-refractivity contribution is -0.162. The van der Waals surface area contributed by atoms with Crippen LogP contribution in [0.2, 0.25) is 0 Å². The molecule has 1 unspecified atom stereocenters. The number of hydrogen-bond donors (Lipinski definition) is 0. The minimum absolute atomic E-state index is 0.240. The van der Waals surface area contributed by atoms with Crippen LogP contribution in [0, 0.1) is 0 Å². The zero-order valence-electron chi connectivity index (χ0n) is 9.78. The predicted molar refractivity (Wildman–Crippen MR) is 56.2 cm³/mol. The molecule has 0 aliphatic rings. The highest BCUT2D eigenvalue weighted by Crippen LogP contribution is 1.95. The molecule has 0 heterocycles. The van der Waals surface area contributed by atoms with Crippen LogP contribution >= 0.6 is 0 Å². The van der Waals surface area contributed by atoms with Gasteiger partial charge in [-0.1, -0.05) is 13.8 Å². The predicted octanol–water partition coefficient (Wildman–Crippen LogP) is 1.31. The fourth-order valence-electron chi connectivity index (χ4n) is 1.05. The Morgan fingerprint density at radius 3 is 2.21 bits per heavy atom. The van der Waals surface area contributed by atoms with Gasteiger partial charge >= 0.3 is 0 Å². The van der Waals surface area contributed by atoms with E-state index in [9.17, 15) is 0 Å². The minimum atomic E-state index is -0.240. The van der Waals surface area contributed by atoms with E-state index in [-0.39, 0.29) is 6.29 Å². The summed E-state index contributed by atoms with van der Waals surface area (Å²) in [4.78, 5) is 2.19. The quantitative estimate of drug-likeness (QED) is 0.531. The standard InChI is InChI=1S/C10H23NO3/c1-5-11(6-2)9-13-8-10(12-4)14-7-3/h10H,5-9H2,1-4H3. The Bertz CT molecular complexity index is 118. The van der Waals surface area contributed by atoms with Crippen molar-refractivity contribution in [1.82, 2.24) is 4.90 Å². The number of rotatable bonds is 9. The van der Waals surface area contributed by atoms with Gasteiger partial charge in [0.1, 0.15) is 0 Å². The molecule has 0 saturated heterocycles. The summed E-state index contributed by atoms with van der Waals surface area (Å²) in [6.45, 7) is 9.95. The molecule has 4 nitrogen and oxygen atoms in total. The average molecular weight is 205 g/mol. The van der Waals surface area contributed by atoms with Gasteiger partial charge in [0.05, 0.1) is 13.3 Å². The van der Waals surface area contributed by atoms with Gasteiger partial charge in [-0.2, -0.15) is 0 Å². The van der Waals surface area contributed by atoms with Crippen molar-refractivity contribution in [2.75, 3.05) is 40.1 Å². The highest BCUT2D eigenvalue weighted by atomic mass is 16.7. The van der Waals surface area contributed by atoms with Gasteiger partial charge in [0.25, 0.3) is 0 Å². The van der Waals surface area contributed by atoms with E-state index in [1.54, 1.807) is 7.11 Å². The summed E-state index contributed by atoms with van der Waals surface area (Å²) in [5.41, 5.74) is 0. The summed E-state index contributed by atoms with van der Waals surface area (Å²) in [6.07, 6.45) is -0.240. The first-order valence-electron chi connectivity index (χ1n) is 5.22. The van der Waals surface area contributed by atoms with Gasteiger partial charge < -0.3 is 14.2 Å². The molecule has 14 heavy (non-hydrogen) atoms. The van der Waals surface area contributed by atoms with E-state index in [0.717, 1.165) is 13.1 Å². The van der Waals surface area contributed by atoms with Crippen molar-refractivity contribution in [3.8, 4) is 0 Å². The first-order valence-corrected chi connectivity index (χ1v) is 5.22. The third-order valence-electron chi connectivity index (χ3n) is 2.04. The highest BCUT2D eigenvalue weighted by molar-refractivity contribution is 4.45. The second-order valence-corrected chi connectivity index (χ2v) is 2.92. The fourth-order valence-corrected chi connectivity index (χ4v) is 1.05. The van der Waals surface area contributed by atoms with E-state index < -0.39 is 0 Å². The number of methoxy groups -OCH3 is 1. The highest BCUT2D eigenvalue weighted by Gasteiger charge is 2.07. The summed E-state index contributed by atoms with van der Waals surface area (Å²) in [7, 11) is 1.63. The smallest absolute Gasteiger partial charge is 0.180 e. The Kier molecular flexibility index (Phi) is 9.29. The Morgan fingerprint density at radius 2 is 1.79 bits per heavy atom. The summed E-state index contributed by atoms with van der Waals surface area (Å²) < 4.78 is 15.8. The molecule has 0 aromatic heterocycles. The molecular formula is C10H23NO3. The summed E-state index contributed by atoms with van der Waals surface area (Å²) in [6, 6.07) is 0. The number of nitrogens with zero attached hydrogens (tertiary/aromatic N) is 1. The van der Waals surface area contributed by atoms with Crippen LogP contribution in [-0.4, -0.2) is 51.3 Å². The zero-order chi connectivity index (χ0) is 10.8. The van der Waals surface area contributed by atoms with E-state index in [4.69, 9.17) is 14.2 Å². The van der Waals surface area contributed by atoms with Crippen molar-refractivity contribution in [3.05, 3.63) is 0 Å². The molecule has 4 heteroatoms. The first kappa shape index (κ1) is 13.8. The van der Waals surface area contributed by atoms with Gasteiger partial charge in [-0.25, -0.2) is 0 Å². The third-order valence-corrected chi connectivity index (χ3v) is 2.04. The van der Waals surface area contributed by atoms with Gasteiger partial charge in [-0.15, -0.1) is 0 Å². The van der Waals surface area contributed by atoms with Gasteiger partial charge in [0, 0.05) is 13.7 Å². The summed E-state index contributed by atoms with van der Waals surface area (Å²) in [5, 5.41) is 0. The van der Waals surface area contributed by atoms with Gasteiger partial charge in [-0.05, 0) is 20.0 Å². The Balaban J connectivity index is 3.48. The molecule has 0 aliphatic heterocycles. The minimum Gasteiger partial charge on any atom is -0.361 e. The molecule has 0 aromatic rings. The van der Waals surface area contributed by atoms with Gasteiger partial charge in [0.15, 0.2) is 6.29 Å². The molecule has 0 bridgehead atoms. The third kappa shape index (κ3) is 6.32. The zero-order valence-corrected chi connectivity index (χ0v) is 9.78. The maximum Gasteiger partial charge on any atom is 0.180 e. The van der Waals surface area contributed by atoms with Crippen molar-refractivity contribution in [2.45, 2.75) is 27.1 Å². The average Bonchev–Trinajstić information content (AvgIpc) is 2.23. The molecule has 0 amide bonds. The molecule has 0 aromatic carbocycles. The van der Waals surface area contributed by atoms with Crippen LogP contribution in [0.15, 0.2) is 0 Å². The van der Waals surface area contributed by atoms with Crippen LogP contribution in [0.25, 0.3) is 0 Å². The second-order valence-electron chi connectivity index (χ2n) is 2.92. The maximum absolute atomic E-state index is 5.46. The van der Waals surface area contributed by atoms with Crippen LogP contribution in [0.4, 0.5) is 0 Å².